The first kappa shape index (κ1) is 21.0. The summed E-state index contributed by atoms with van der Waals surface area (Å²) in [5.41, 5.74) is 0.193. The van der Waals surface area contributed by atoms with E-state index in [4.69, 9.17) is 9.62 Å². The first-order valence-electron chi connectivity index (χ1n) is 11.3. The van der Waals surface area contributed by atoms with Gasteiger partial charge < -0.3 is 4.74 Å². The molecule has 0 saturated heterocycles. The van der Waals surface area contributed by atoms with Gasteiger partial charge in [0, 0.05) is 18.8 Å². The molecule has 29 heavy (non-hydrogen) atoms. The third-order valence-corrected chi connectivity index (χ3v) is 9.60. The number of ketones is 1. The van der Waals surface area contributed by atoms with Crippen LogP contribution in [0.15, 0.2) is 11.6 Å². The van der Waals surface area contributed by atoms with Crippen molar-refractivity contribution in [3.8, 4) is 0 Å². The van der Waals surface area contributed by atoms with Crippen LogP contribution < -0.4 is 0 Å². The Kier molecular flexibility index (Phi) is 5.02. The molecule has 1 N–H and O–H groups in total. The normalized spacial score (nSPS) is 48.8. The van der Waals surface area contributed by atoms with Crippen LogP contribution in [0.25, 0.3) is 0 Å². The van der Waals surface area contributed by atoms with Crippen molar-refractivity contribution in [1.82, 2.24) is 0 Å². The summed E-state index contributed by atoms with van der Waals surface area (Å²) < 4.78 is 5.53. The second-order valence-corrected chi connectivity index (χ2v) is 10.7. The summed E-state index contributed by atoms with van der Waals surface area (Å²) in [6.45, 7) is 9.71. The molecule has 0 bridgehead atoms. The number of hydrogen-bond donors (Lipinski definition) is 1. The molecule has 0 aliphatic heterocycles. The predicted molar refractivity (Wildman–Crippen MR) is 109 cm³/mol. The third kappa shape index (κ3) is 2.72. The molecule has 0 aromatic carbocycles. The number of fused-ring (bicyclic) bond motifs is 5. The highest BCUT2D eigenvalue weighted by Gasteiger charge is 2.69. The Labute approximate surface area is 174 Å². The average molecular weight is 405 g/mol. The molecule has 4 aliphatic carbocycles. The van der Waals surface area contributed by atoms with Gasteiger partial charge in [-0.2, -0.15) is 0 Å². The molecule has 3 saturated carbocycles. The fraction of sp³-hybridized carbons (Fsp3) is 0.833. The molecule has 5 nitrogen and oxygen atoms in total. The van der Waals surface area contributed by atoms with E-state index >= 15 is 0 Å². The first-order valence-corrected chi connectivity index (χ1v) is 11.3. The van der Waals surface area contributed by atoms with Crippen molar-refractivity contribution in [3.63, 3.8) is 0 Å². The van der Waals surface area contributed by atoms with E-state index in [0.29, 0.717) is 17.8 Å². The largest absolute Gasteiger partial charge is 0.462 e. The molecule has 4 aliphatic rings. The monoisotopic (exact) mass is 404 g/mol. The summed E-state index contributed by atoms with van der Waals surface area (Å²) in [6.07, 6.45) is 9.13. The van der Waals surface area contributed by atoms with Crippen LogP contribution in [0.4, 0.5) is 0 Å². The van der Waals surface area contributed by atoms with E-state index < -0.39 is 5.60 Å². The topological polar surface area (TPSA) is 72.8 Å². The number of carbonyl (C=O) groups excluding carboxylic acids is 2. The van der Waals surface area contributed by atoms with Crippen molar-refractivity contribution < 1.29 is 24.5 Å². The molecule has 4 rings (SSSR count). The molecule has 3 fully saturated rings. The summed E-state index contributed by atoms with van der Waals surface area (Å²) >= 11 is 0. The van der Waals surface area contributed by atoms with Gasteiger partial charge >= 0.3 is 5.97 Å². The minimum absolute atomic E-state index is 0.0108. The standard InChI is InChI=1S/C24H36O5/c1-14-12-21-19-7-6-17-13-18(28-16(3)26)8-10-22(17,4)20(19)9-11-23(21,5)24(14,29-27)15(2)25/h6,14,18-21,27H,7-13H2,1-5H3/t14-,18?,19?,20?,21?,22+,23+,24+/m1/s1. The molecule has 8 atom stereocenters. The molecular formula is C24H36O5. The Hall–Kier alpha value is -1.20. The molecular weight excluding hydrogens is 368 g/mol. The van der Waals surface area contributed by atoms with Crippen molar-refractivity contribution in [3.05, 3.63) is 11.6 Å². The summed E-state index contributed by atoms with van der Waals surface area (Å²) in [5.74, 6) is 1.23. The van der Waals surface area contributed by atoms with Gasteiger partial charge in [-0.1, -0.05) is 32.4 Å². The van der Waals surface area contributed by atoms with Crippen LogP contribution in [-0.4, -0.2) is 28.7 Å². The lowest BCUT2D eigenvalue weighted by Gasteiger charge is -2.58. The number of carbonyl (C=O) groups is 2. The van der Waals surface area contributed by atoms with Crippen LogP contribution >= 0.6 is 0 Å². The zero-order valence-corrected chi connectivity index (χ0v) is 18.5. The van der Waals surface area contributed by atoms with Crippen molar-refractivity contribution in [2.24, 2.45) is 34.5 Å². The summed E-state index contributed by atoms with van der Waals surface area (Å²) in [4.78, 5) is 29.2. The number of hydrogen-bond acceptors (Lipinski definition) is 5. The van der Waals surface area contributed by atoms with Crippen molar-refractivity contribution in [2.75, 3.05) is 0 Å². The van der Waals surface area contributed by atoms with Gasteiger partial charge in [-0.15, -0.1) is 0 Å². The zero-order valence-electron chi connectivity index (χ0n) is 18.5. The molecule has 4 unspecified atom stereocenters. The highest BCUT2D eigenvalue weighted by atomic mass is 17.1. The van der Waals surface area contributed by atoms with E-state index in [1.807, 2.05) is 0 Å². The van der Waals surface area contributed by atoms with Crippen LogP contribution in [0.3, 0.4) is 0 Å². The smallest absolute Gasteiger partial charge is 0.302 e. The molecule has 5 heteroatoms. The highest BCUT2D eigenvalue weighted by molar-refractivity contribution is 5.87. The maximum absolute atomic E-state index is 12.7. The lowest BCUT2D eigenvalue weighted by Crippen LogP contribution is -2.59. The van der Waals surface area contributed by atoms with Gasteiger partial charge in [-0.05, 0) is 74.5 Å². The van der Waals surface area contributed by atoms with Gasteiger partial charge in [0.25, 0.3) is 0 Å². The van der Waals surface area contributed by atoms with Crippen LogP contribution in [0, 0.1) is 34.5 Å². The molecule has 0 aromatic rings. The van der Waals surface area contributed by atoms with Crippen molar-refractivity contribution in [2.45, 2.75) is 91.3 Å². The molecule has 0 aromatic heterocycles. The van der Waals surface area contributed by atoms with E-state index in [9.17, 15) is 14.8 Å². The quantitative estimate of drug-likeness (QED) is 0.312. The Balaban J connectivity index is 1.65. The van der Waals surface area contributed by atoms with Gasteiger partial charge in [-0.25, -0.2) is 4.89 Å². The maximum atomic E-state index is 12.7. The molecule has 0 spiro atoms. The number of ether oxygens (including phenoxy) is 1. The van der Waals surface area contributed by atoms with Crippen molar-refractivity contribution in [1.29, 1.82) is 0 Å². The fourth-order valence-electron chi connectivity index (χ4n) is 8.30. The van der Waals surface area contributed by atoms with Gasteiger partial charge in [-0.3, -0.25) is 14.8 Å². The van der Waals surface area contributed by atoms with E-state index in [1.54, 1.807) is 6.92 Å². The number of allylic oxidation sites excluding steroid dienone is 1. The first-order chi connectivity index (χ1) is 13.6. The number of Topliss-reactive ketones (excluding diaryl/α,β-unsaturated/α-hetero) is 1. The van der Waals surface area contributed by atoms with Crippen molar-refractivity contribution >= 4 is 11.8 Å². The fourth-order valence-corrected chi connectivity index (χ4v) is 8.30. The number of rotatable bonds is 3. The predicted octanol–water partition coefficient (Wildman–Crippen LogP) is 4.94. The van der Waals surface area contributed by atoms with Crippen LogP contribution in [0.1, 0.15) is 79.6 Å². The Morgan fingerprint density at radius 1 is 1.14 bits per heavy atom. The van der Waals surface area contributed by atoms with Gasteiger partial charge in [0.05, 0.1) is 0 Å². The summed E-state index contributed by atoms with van der Waals surface area (Å²) in [5, 5.41) is 9.92. The summed E-state index contributed by atoms with van der Waals surface area (Å²) in [7, 11) is 0. The molecule has 0 radical (unpaired) electrons. The van der Waals surface area contributed by atoms with E-state index in [1.165, 1.54) is 12.5 Å². The Bertz CT molecular complexity index is 744. The lowest BCUT2D eigenvalue weighted by molar-refractivity contribution is -0.347. The van der Waals surface area contributed by atoms with Gasteiger partial charge in [0.2, 0.25) is 0 Å². The molecule has 0 heterocycles. The van der Waals surface area contributed by atoms with Crippen LogP contribution in [0.5, 0.6) is 0 Å². The SMILES string of the molecule is CC(=O)OC1CC[C@@]2(C)C(=CCC3C2CC[C@@]2(C)C3C[C@@H](C)[C@]2(OO)C(C)=O)C1. The van der Waals surface area contributed by atoms with E-state index in [0.717, 1.165) is 44.9 Å². The van der Waals surface area contributed by atoms with Crippen LogP contribution in [-0.2, 0) is 19.2 Å². The number of esters is 1. The van der Waals surface area contributed by atoms with E-state index in [2.05, 4.69) is 26.8 Å². The minimum atomic E-state index is -1.08. The van der Waals surface area contributed by atoms with Gasteiger partial charge in [0.1, 0.15) is 6.10 Å². The second-order valence-electron chi connectivity index (χ2n) is 10.7. The average Bonchev–Trinajstić information content (AvgIpc) is 2.88. The lowest BCUT2D eigenvalue weighted by atomic mass is 9.46. The summed E-state index contributed by atoms with van der Waals surface area (Å²) in [6, 6.07) is 0. The zero-order chi connectivity index (χ0) is 21.2. The maximum Gasteiger partial charge on any atom is 0.302 e. The van der Waals surface area contributed by atoms with Gasteiger partial charge in [0.15, 0.2) is 11.4 Å². The van der Waals surface area contributed by atoms with Crippen LogP contribution in [0.2, 0.25) is 0 Å². The Morgan fingerprint density at radius 2 is 1.86 bits per heavy atom. The van der Waals surface area contributed by atoms with E-state index in [-0.39, 0.29) is 34.6 Å². The molecule has 0 amide bonds. The Morgan fingerprint density at radius 3 is 2.48 bits per heavy atom. The minimum Gasteiger partial charge on any atom is -0.462 e. The molecule has 162 valence electrons. The second kappa shape index (κ2) is 6.91. The third-order valence-electron chi connectivity index (χ3n) is 9.60. The highest BCUT2D eigenvalue weighted by Crippen LogP contribution is 2.69.